The molecule has 0 aliphatic heterocycles. The Balaban J connectivity index is 3.05. The lowest BCUT2D eigenvalue weighted by Crippen LogP contribution is -2.60. The van der Waals surface area contributed by atoms with Crippen LogP contribution in [-0.2, 0) is 25.6 Å². The van der Waals surface area contributed by atoms with Crippen LogP contribution < -0.4 is 21.7 Å². The zero-order chi connectivity index (χ0) is 25.8. The van der Waals surface area contributed by atoms with Crippen LogP contribution in [0.3, 0.4) is 0 Å². The number of amides is 3. The molecule has 0 spiro atoms. The highest BCUT2D eigenvalue weighted by Gasteiger charge is 2.32. The van der Waals surface area contributed by atoms with E-state index in [2.05, 4.69) is 16.0 Å². The highest BCUT2D eigenvalue weighted by Crippen LogP contribution is 2.12. The molecule has 0 saturated carbocycles. The molecule has 0 saturated heterocycles. The number of hydrogen-bond donors (Lipinski definition) is 8. The molecule has 0 radical (unpaired) electrons. The molecule has 1 rings (SSSR count). The minimum Gasteiger partial charge on any atom is -0.508 e. The molecular formula is C21H32N4O8S. The smallest absolute Gasteiger partial charge is 0.326 e. The number of carboxylic acid groups (broad SMARTS) is 1. The number of thioether (sulfide) groups is 1. The number of nitrogens with one attached hydrogen (secondary N) is 3. The summed E-state index contributed by atoms with van der Waals surface area (Å²) in [5.41, 5.74) is 6.06. The number of rotatable bonds is 14. The van der Waals surface area contributed by atoms with Gasteiger partial charge in [0.2, 0.25) is 17.7 Å². The second-order valence-corrected chi connectivity index (χ2v) is 8.61. The van der Waals surface area contributed by atoms with Crippen LogP contribution in [0.25, 0.3) is 0 Å². The summed E-state index contributed by atoms with van der Waals surface area (Å²) in [5.74, 6) is -3.36. The second-order valence-electron chi connectivity index (χ2n) is 7.63. The number of hydrogen-bond acceptors (Lipinski definition) is 9. The molecule has 12 nitrogen and oxygen atoms in total. The lowest BCUT2D eigenvalue weighted by Gasteiger charge is -2.26. The number of nitrogens with two attached hydrogens (primary N) is 1. The average molecular weight is 501 g/mol. The highest BCUT2D eigenvalue weighted by atomic mass is 32.2. The van der Waals surface area contributed by atoms with E-state index < -0.39 is 60.6 Å². The Labute approximate surface area is 201 Å². The predicted molar refractivity (Wildman–Crippen MR) is 125 cm³/mol. The lowest BCUT2D eigenvalue weighted by molar-refractivity contribution is -0.143. The van der Waals surface area contributed by atoms with Gasteiger partial charge in [-0.2, -0.15) is 11.8 Å². The van der Waals surface area contributed by atoms with E-state index in [-0.39, 0.29) is 18.6 Å². The Kier molecular flexibility index (Phi) is 12.4. The number of carbonyl (C=O) groups excluding carboxylic acids is 3. The molecule has 190 valence electrons. The van der Waals surface area contributed by atoms with Gasteiger partial charge in [0.05, 0.1) is 12.7 Å². The third-order valence-electron chi connectivity index (χ3n) is 4.83. The molecule has 9 N–H and O–H groups in total. The molecule has 0 fully saturated rings. The third-order valence-corrected chi connectivity index (χ3v) is 5.47. The summed E-state index contributed by atoms with van der Waals surface area (Å²) in [6, 6.07) is 0.555. The first-order valence-corrected chi connectivity index (χ1v) is 11.8. The van der Waals surface area contributed by atoms with Crippen LogP contribution >= 0.6 is 11.8 Å². The quantitative estimate of drug-likeness (QED) is 0.140. The fraction of sp³-hybridized carbons (Fsp3) is 0.524. The maximum Gasteiger partial charge on any atom is 0.326 e. The van der Waals surface area contributed by atoms with Gasteiger partial charge < -0.3 is 42.1 Å². The van der Waals surface area contributed by atoms with Gasteiger partial charge in [-0.05, 0) is 43.0 Å². The van der Waals surface area contributed by atoms with Crippen LogP contribution in [0.5, 0.6) is 5.75 Å². The molecule has 0 aliphatic rings. The Morgan fingerprint density at radius 2 is 1.59 bits per heavy atom. The number of phenols is 1. The average Bonchev–Trinajstić information content (AvgIpc) is 2.79. The Bertz CT molecular complexity index is 837. The van der Waals surface area contributed by atoms with E-state index in [9.17, 15) is 34.5 Å². The van der Waals surface area contributed by atoms with Gasteiger partial charge in [-0.3, -0.25) is 14.4 Å². The summed E-state index contributed by atoms with van der Waals surface area (Å²) in [7, 11) is 0. The molecule has 1 aromatic rings. The fourth-order valence-corrected chi connectivity index (χ4v) is 3.32. The topological polar surface area (TPSA) is 211 Å². The number of phenolic OH excluding ortho intramolecular Hbond substituents is 1. The monoisotopic (exact) mass is 500 g/mol. The summed E-state index contributed by atoms with van der Waals surface area (Å²) in [6.45, 7) is 0.585. The molecule has 34 heavy (non-hydrogen) atoms. The van der Waals surface area contributed by atoms with Crippen molar-refractivity contribution in [2.75, 3.05) is 18.6 Å². The van der Waals surface area contributed by atoms with Gasteiger partial charge in [0, 0.05) is 6.42 Å². The van der Waals surface area contributed by atoms with Crippen molar-refractivity contribution in [2.45, 2.75) is 50.0 Å². The number of aliphatic hydroxyl groups excluding tert-OH is 2. The first kappa shape index (κ1) is 29.2. The van der Waals surface area contributed by atoms with Crippen LogP contribution in [0.1, 0.15) is 18.9 Å². The van der Waals surface area contributed by atoms with E-state index in [1.54, 1.807) is 6.26 Å². The fourth-order valence-electron chi connectivity index (χ4n) is 2.85. The van der Waals surface area contributed by atoms with Crippen molar-refractivity contribution in [2.24, 2.45) is 5.73 Å². The van der Waals surface area contributed by atoms with Crippen molar-refractivity contribution in [3.05, 3.63) is 29.8 Å². The van der Waals surface area contributed by atoms with E-state index in [0.717, 1.165) is 0 Å². The minimum atomic E-state index is -1.51. The summed E-state index contributed by atoms with van der Waals surface area (Å²) in [6.07, 6.45) is 0.477. The van der Waals surface area contributed by atoms with Crippen LogP contribution in [0.15, 0.2) is 24.3 Å². The van der Waals surface area contributed by atoms with Crippen molar-refractivity contribution in [3.63, 3.8) is 0 Å². The lowest BCUT2D eigenvalue weighted by atomic mass is 10.0. The standard InChI is InChI=1S/C21H32N4O8S/c1-11(27)17(20(31)23-15(21(32)33)7-8-34-2)25-19(30)16(24-18(29)14(22)10-26)9-12-3-5-13(28)6-4-12/h3-6,11,14-17,26-28H,7-10,22H2,1-2H3,(H,23,31)(H,24,29)(H,25,30)(H,32,33). The van der Waals surface area contributed by atoms with Crippen LogP contribution in [0.4, 0.5) is 0 Å². The maximum atomic E-state index is 13.0. The largest absolute Gasteiger partial charge is 0.508 e. The Hall–Kier alpha value is -2.87. The molecule has 0 bridgehead atoms. The summed E-state index contributed by atoms with van der Waals surface area (Å²) < 4.78 is 0. The van der Waals surface area contributed by atoms with Gasteiger partial charge in [0.25, 0.3) is 0 Å². The van der Waals surface area contributed by atoms with Crippen molar-refractivity contribution in [1.82, 2.24) is 16.0 Å². The van der Waals surface area contributed by atoms with E-state index in [1.807, 2.05) is 0 Å². The van der Waals surface area contributed by atoms with Crippen molar-refractivity contribution in [1.29, 1.82) is 0 Å². The highest BCUT2D eigenvalue weighted by molar-refractivity contribution is 7.98. The molecule has 0 heterocycles. The van der Waals surface area contributed by atoms with Crippen LogP contribution in [-0.4, -0.2) is 93.0 Å². The van der Waals surface area contributed by atoms with Crippen LogP contribution in [0.2, 0.25) is 0 Å². The SMILES string of the molecule is CSCCC(NC(=O)C(NC(=O)C(Cc1ccc(O)cc1)NC(=O)C(N)CO)C(C)O)C(=O)O. The van der Waals surface area contributed by atoms with Gasteiger partial charge >= 0.3 is 5.97 Å². The molecule has 13 heteroatoms. The van der Waals surface area contributed by atoms with Gasteiger partial charge in [-0.15, -0.1) is 0 Å². The predicted octanol–water partition coefficient (Wildman–Crippen LogP) is -2.07. The number of carbonyl (C=O) groups is 4. The normalized spacial score (nSPS) is 15.3. The summed E-state index contributed by atoms with van der Waals surface area (Å²) in [5, 5.41) is 45.0. The molecule has 0 aliphatic carbocycles. The number of aromatic hydroxyl groups is 1. The van der Waals surface area contributed by atoms with Gasteiger partial charge in [0.1, 0.15) is 29.9 Å². The van der Waals surface area contributed by atoms with Gasteiger partial charge in [0.15, 0.2) is 0 Å². The number of benzene rings is 1. The first-order chi connectivity index (χ1) is 16.0. The second kappa shape index (κ2) is 14.4. The Morgan fingerprint density at radius 3 is 2.09 bits per heavy atom. The van der Waals surface area contributed by atoms with Crippen LogP contribution in [0, 0.1) is 0 Å². The van der Waals surface area contributed by atoms with Crippen molar-refractivity contribution >= 4 is 35.5 Å². The van der Waals surface area contributed by atoms with Crippen molar-refractivity contribution < 1.29 is 39.6 Å². The first-order valence-electron chi connectivity index (χ1n) is 10.4. The third kappa shape index (κ3) is 9.55. The van der Waals surface area contributed by atoms with Gasteiger partial charge in [-0.1, -0.05) is 12.1 Å². The molecule has 3 amide bonds. The van der Waals surface area contributed by atoms with E-state index in [4.69, 9.17) is 10.8 Å². The summed E-state index contributed by atoms with van der Waals surface area (Å²) >= 11 is 1.40. The number of carboxylic acids is 1. The van der Waals surface area contributed by atoms with Gasteiger partial charge in [-0.25, -0.2) is 4.79 Å². The maximum absolute atomic E-state index is 13.0. The number of aliphatic hydroxyl groups is 2. The van der Waals surface area contributed by atoms with E-state index in [0.29, 0.717) is 11.3 Å². The van der Waals surface area contributed by atoms with Crippen molar-refractivity contribution in [3.8, 4) is 5.75 Å². The molecule has 1 aromatic carbocycles. The molecule has 0 aromatic heterocycles. The number of aliphatic carboxylic acids is 1. The minimum absolute atomic E-state index is 0.00334. The molecular weight excluding hydrogens is 468 g/mol. The zero-order valence-electron chi connectivity index (χ0n) is 18.9. The Morgan fingerprint density at radius 1 is 1.00 bits per heavy atom. The van der Waals surface area contributed by atoms with E-state index in [1.165, 1.54) is 43.0 Å². The molecule has 5 atom stereocenters. The van der Waals surface area contributed by atoms with E-state index >= 15 is 0 Å². The summed E-state index contributed by atoms with van der Waals surface area (Å²) in [4.78, 5) is 49.3. The zero-order valence-corrected chi connectivity index (χ0v) is 19.7. The molecule has 5 unspecified atom stereocenters.